The highest BCUT2D eigenvalue weighted by Gasteiger charge is 2.33. The molecule has 20 heavy (non-hydrogen) atoms. The van der Waals surface area contributed by atoms with Crippen LogP contribution in [0.4, 0.5) is 0 Å². The molecule has 0 amide bonds. The number of carboxylic acids is 1. The van der Waals surface area contributed by atoms with E-state index in [2.05, 4.69) is 5.32 Å². The van der Waals surface area contributed by atoms with Crippen molar-refractivity contribution in [3.8, 4) is 5.75 Å². The first-order valence-corrected chi connectivity index (χ1v) is 6.96. The normalized spacial score (nSPS) is 14.1. The Hall–Kier alpha value is -1.55. The third kappa shape index (κ3) is 4.53. The van der Waals surface area contributed by atoms with Crippen molar-refractivity contribution in [1.82, 2.24) is 5.32 Å². The second kappa shape index (κ2) is 6.75. The third-order valence-corrected chi connectivity index (χ3v) is 3.43. The minimum atomic E-state index is -0.964. The number of aliphatic carboxylic acids is 1. The molecule has 0 aliphatic heterocycles. The summed E-state index contributed by atoms with van der Waals surface area (Å²) in [5.41, 5.74) is 1.42. The number of ether oxygens (including phenoxy) is 1. The van der Waals surface area contributed by atoms with E-state index < -0.39 is 11.5 Å². The van der Waals surface area contributed by atoms with Gasteiger partial charge in [0.15, 0.2) is 0 Å². The van der Waals surface area contributed by atoms with Crippen molar-refractivity contribution >= 4 is 5.97 Å². The van der Waals surface area contributed by atoms with Gasteiger partial charge in [0.05, 0.1) is 6.61 Å². The lowest BCUT2D eigenvalue weighted by Gasteiger charge is -2.28. The summed E-state index contributed by atoms with van der Waals surface area (Å²) >= 11 is 0. The van der Waals surface area contributed by atoms with Crippen LogP contribution < -0.4 is 10.1 Å². The fraction of sp³-hybridized carbons (Fsp3) is 0.562. The highest BCUT2D eigenvalue weighted by atomic mass is 16.5. The predicted molar refractivity (Wildman–Crippen MR) is 80.3 cm³/mol. The molecule has 0 saturated heterocycles. The number of hydrogen-bond donors (Lipinski definition) is 2. The highest BCUT2D eigenvalue weighted by Crippen LogP contribution is 2.18. The van der Waals surface area contributed by atoms with Crippen LogP contribution in [0.5, 0.6) is 5.75 Å². The lowest BCUT2D eigenvalue weighted by atomic mass is 9.97. The zero-order chi connectivity index (χ0) is 15.3. The molecular formula is C16H25NO3. The van der Waals surface area contributed by atoms with Crippen LogP contribution in [0.15, 0.2) is 18.2 Å². The van der Waals surface area contributed by atoms with Crippen LogP contribution in [0.2, 0.25) is 0 Å². The van der Waals surface area contributed by atoms with E-state index in [0.717, 1.165) is 5.75 Å². The molecule has 0 spiro atoms. The Balaban J connectivity index is 2.60. The molecule has 0 bridgehead atoms. The summed E-state index contributed by atoms with van der Waals surface area (Å²) < 4.78 is 5.67. The quantitative estimate of drug-likeness (QED) is 0.805. The summed E-state index contributed by atoms with van der Waals surface area (Å²) in [6.45, 7) is 10.0. The Labute approximate surface area is 121 Å². The molecule has 0 aliphatic rings. The maximum Gasteiger partial charge on any atom is 0.323 e. The summed E-state index contributed by atoms with van der Waals surface area (Å²) in [7, 11) is 0. The smallest absolute Gasteiger partial charge is 0.323 e. The van der Waals surface area contributed by atoms with Gasteiger partial charge >= 0.3 is 5.97 Å². The van der Waals surface area contributed by atoms with Crippen molar-refractivity contribution < 1.29 is 14.6 Å². The summed E-state index contributed by atoms with van der Waals surface area (Å²) in [5.74, 6) is -0.0692. The van der Waals surface area contributed by atoms with Crippen LogP contribution >= 0.6 is 0 Å². The number of rotatable bonds is 7. The molecular weight excluding hydrogens is 254 g/mol. The number of carboxylic acid groups (broad SMARTS) is 1. The summed E-state index contributed by atoms with van der Waals surface area (Å²) in [4.78, 5) is 11.4. The molecule has 2 N–H and O–H groups in total. The van der Waals surface area contributed by atoms with Crippen LogP contribution in [0.3, 0.4) is 0 Å². The number of carbonyl (C=O) groups is 1. The van der Waals surface area contributed by atoms with E-state index in [1.807, 2.05) is 45.9 Å². The molecule has 1 rings (SSSR count). The molecule has 4 nitrogen and oxygen atoms in total. The van der Waals surface area contributed by atoms with Crippen LogP contribution in [0, 0.1) is 13.8 Å². The third-order valence-electron chi connectivity index (χ3n) is 3.43. The van der Waals surface area contributed by atoms with Gasteiger partial charge in [-0.05, 0) is 57.9 Å². The lowest BCUT2D eigenvalue weighted by Crippen LogP contribution is -2.53. The molecule has 112 valence electrons. The second-order valence-corrected chi connectivity index (χ2v) is 5.78. The van der Waals surface area contributed by atoms with E-state index in [9.17, 15) is 9.90 Å². The van der Waals surface area contributed by atoms with E-state index in [4.69, 9.17) is 4.74 Å². The van der Waals surface area contributed by atoms with Crippen LogP contribution in [-0.2, 0) is 4.79 Å². The Bertz CT molecular complexity index is 471. The zero-order valence-electron chi connectivity index (χ0n) is 13.0. The monoisotopic (exact) mass is 279 g/mol. The first-order chi connectivity index (χ1) is 9.24. The van der Waals surface area contributed by atoms with Gasteiger partial charge in [-0.15, -0.1) is 0 Å². The zero-order valence-corrected chi connectivity index (χ0v) is 13.0. The number of aryl methyl sites for hydroxylation is 2. The van der Waals surface area contributed by atoms with Gasteiger partial charge in [0.25, 0.3) is 0 Å². The molecule has 1 unspecified atom stereocenters. The molecule has 0 fully saturated rings. The van der Waals surface area contributed by atoms with Crippen molar-refractivity contribution in [3.63, 3.8) is 0 Å². The second-order valence-electron chi connectivity index (χ2n) is 5.78. The van der Waals surface area contributed by atoms with Crippen molar-refractivity contribution in [2.45, 2.75) is 52.6 Å². The lowest BCUT2D eigenvalue weighted by molar-refractivity contribution is -0.145. The molecule has 0 aromatic heterocycles. The van der Waals surface area contributed by atoms with Gasteiger partial charge in [0.1, 0.15) is 11.3 Å². The Morgan fingerprint density at radius 2 is 2.00 bits per heavy atom. The number of nitrogens with one attached hydrogen (secondary N) is 1. The van der Waals surface area contributed by atoms with E-state index in [1.54, 1.807) is 6.92 Å². The van der Waals surface area contributed by atoms with Crippen LogP contribution in [0.1, 0.15) is 38.3 Å². The fourth-order valence-corrected chi connectivity index (χ4v) is 2.05. The first kappa shape index (κ1) is 16.5. The van der Waals surface area contributed by atoms with E-state index >= 15 is 0 Å². The van der Waals surface area contributed by atoms with Crippen molar-refractivity contribution in [3.05, 3.63) is 29.3 Å². The summed E-state index contributed by atoms with van der Waals surface area (Å²) in [6, 6.07) is 6.00. The topological polar surface area (TPSA) is 58.6 Å². The molecule has 1 aromatic carbocycles. The minimum Gasteiger partial charge on any atom is -0.493 e. The van der Waals surface area contributed by atoms with Gasteiger partial charge in [0.2, 0.25) is 0 Å². The van der Waals surface area contributed by atoms with E-state index in [-0.39, 0.29) is 6.04 Å². The molecule has 1 atom stereocenters. The van der Waals surface area contributed by atoms with Gasteiger partial charge < -0.3 is 9.84 Å². The number of benzene rings is 1. The van der Waals surface area contributed by atoms with Crippen molar-refractivity contribution in [2.75, 3.05) is 6.61 Å². The molecule has 1 aromatic rings. The Morgan fingerprint density at radius 1 is 1.35 bits per heavy atom. The molecule has 0 heterocycles. The number of hydrogen-bond acceptors (Lipinski definition) is 3. The van der Waals surface area contributed by atoms with E-state index in [1.165, 1.54) is 11.1 Å². The maximum absolute atomic E-state index is 11.4. The largest absolute Gasteiger partial charge is 0.493 e. The Morgan fingerprint density at radius 3 is 2.50 bits per heavy atom. The molecule has 4 heteroatoms. The average Bonchev–Trinajstić information content (AvgIpc) is 2.32. The fourth-order valence-electron chi connectivity index (χ4n) is 2.05. The average molecular weight is 279 g/mol. The van der Waals surface area contributed by atoms with Crippen molar-refractivity contribution in [1.29, 1.82) is 0 Å². The Kier molecular flexibility index (Phi) is 5.57. The predicted octanol–water partition coefficient (Wildman–Crippen LogP) is 2.91. The maximum atomic E-state index is 11.4. The van der Waals surface area contributed by atoms with Crippen molar-refractivity contribution in [2.24, 2.45) is 0 Å². The first-order valence-electron chi connectivity index (χ1n) is 6.96. The van der Waals surface area contributed by atoms with Gasteiger partial charge in [-0.2, -0.15) is 0 Å². The standard InChI is InChI=1S/C16H25NO3/c1-11(2)17-16(5,15(18)19)8-9-20-14-7-6-12(3)13(4)10-14/h6-7,10-11,17H,8-9H2,1-5H3,(H,18,19). The SMILES string of the molecule is Cc1ccc(OCCC(C)(NC(C)C)C(=O)O)cc1C. The molecule has 0 radical (unpaired) electrons. The summed E-state index contributed by atoms with van der Waals surface area (Å²) in [5, 5.41) is 12.4. The van der Waals surface area contributed by atoms with Gasteiger partial charge in [-0.1, -0.05) is 6.07 Å². The summed E-state index contributed by atoms with van der Waals surface area (Å²) in [6.07, 6.45) is 0.410. The molecule has 0 saturated carbocycles. The van der Waals surface area contributed by atoms with Crippen LogP contribution in [0.25, 0.3) is 0 Å². The highest BCUT2D eigenvalue weighted by molar-refractivity contribution is 5.78. The van der Waals surface area contributed by atoms with Crippen LogP contribution in [-0.4, -0.2) is 29.3 Å². The van der Waals surface area contributed by atoms with Gasteiger partial charge in [-0.3, -0.25) is 10.1 Å². The van der Waals surface area contributed by atoms with Gasteiger partial charge in [0, 0.05) is 12.5 Å². The minimum absolute atomic E-state index is 0.109. The molecule has 0 aliphatic carbocycles. The van der Waals surface area contributed by atoms with E-state index in [0.29, 0.717) is 13.0 Å². The van der Waals surface area contributed by atoms with Gasteiger partial charge in [-0.25, -0.2) is 0 Å².